The van der Waals surface area contributed by atoms with Gasteiger partial charge in [-0.2, -0.15) is 0 Å². The molecule has 8 heteroatoms. The molecule has 2 amide bonds. The number of halogens is 2. The summed E-state index contributed by atoms with van der Waals surface area (Å²) in [6.45, 7) is 5.95. The van der Waals surface area contributed by atoms with Gasteiger partial charge in [-0.15, -0.1) is 0 Å². The van der Waals surface area contributed by atoms with E-state index in [1.165, 1.54) is 19.2 Å². The lowest BCUT2D eigenvalue weighted by molar-refractivity contribution is -0.144. The smallest absolute Gasteiger partial charge is 0.328 e. The number of carbonyl (C=O) groups excluding carboxylic acids is 2. The van der Waals surface area contributed by atoms with Gasteiger partial charge in [-0.1, -0.05) is 44.0 Å². The van der Waals surface area contributed by atoms with E-state index in [-0.39, 0.29) is 29.2 Å². The maximum absolute atomic E-state index is 13.5. The molecule has 1 spiro atoms. The number of nitrogens with one attached hydrogen (secondary N) is 1. The fourth-order valence-electron chi connectivity index (χ4n) is 5.39. The maximum Gasteiger partial charge on any atom is 0.328 e. The number of nitrogens with zero attached hydrogens (tertiary/aromatic N) is 2. The minimum absolute atomic E-state index is 0.00252. The van der Waals surface area contributed by atoms with Crippen LogP contribution in [-0.4, -0.2) is 49.7 Å². The highest BCUT2D eigenvalue weighted by Gasteiger charge is 2.54. The highest BCUT2D eigenvalue weighted by atomic mass is 35.5. The first-order valence-corrected chi connectivity index (χ1v) is 12.6. The Hall–Kier alpha value is -2.80. The third-order valence-corrected chi connectivity index (χ3v) is 7.97. The van der Waals surface area contributed by atoms with E-state index < -0.39 is 12.0 Å². The second kappa shape index (κ2) is 10.4. The van der Waals surface area contributed by atoms with Crippen LogP contribution in [0.2, 0.25) is 5.02 Å². The van der Waals surface area contributed by atoms with Crippen molar-refractivity contribution in [1.29, 1.82) is 0 Å². The molecule has 2 heterocycles. The van der Waals surface area contributed by atoms with Crippen molar-refractivity contribution in [2.24, 2.45) is 11.3 Å². The van der Waals surface area contributed by atoms with Gasteiger partial charge < -0.3 is 19.9 Å². The van der Waals surface area contributed by atoms with Crippen LogP contribution in [0.25, 0.3) is 0 Å². The number of ether oxygens (including phenoxy) is 1. The molecule has 3 atom stereocenters. The lowest BCUT2D eigenvalue weighted by Gasteiger charge is -2.61. The molecule has 0 aliphatic carbocycles. The van der Waals surface area contributed by atoms with Crippen molar-refractivity contribution >= 4 is 29.3 Å². The number of hydrogen-bond acceptors (Lipinski definition) is 4. The van der Waals surface area contributed by atoms with Crippen LogP contribution >= 0.6 is 11.6 Å². The number of methoxy groups -OCH3 is 1. The molecule has 0 radical (unpaired) electrons. The van der Waals surface area contributed by atoms with E-state index in [4.69, 9.17) is 16.3 Å². The first-order chi connectivity index (χ1) is 16.8. The Labute approximate surface area is 211 Å². The Bertz CT molecular complexity index is 1040. The zero-order chi connectivity index (χ0) is 25.2. The monoisotopic (exact) mass is 501 g/mol. The predicted octanol–water partition coefficient (Wildman–Crippen LogP) is 5.42. The zero-order valence-electron chi connectivity index (χ0n) is 20.5. The van der Waals surface area contributed by atoms with E-state index in [1.54, 1.807) is 4.90 Å². The van der Waals surface area contributed by atoms with Gasteiger partial charge in [0.1, 0.15) is 11.9 Å². The molecule has 0 aromatic heterocycles. The number of piperidine rings is 1. The third kappa shape index (κ3) is 5.10. The van der Waals surface area contributed by atoms with Crippen molar-refractivity contribution in [2.45, 2.75) is 45.2 Å². The van der Waals surface area contributed by atoms with Crippen molar-refractivity contribution in [3.63, 3.8) is 0 Å². The molecule has 4 rings (SSSR count). The molecular formula is C27H33ClFN3O3. The normalized spacial score (nSPS) is 20.7. The van der Waals surface area contributed by atoms with E-state index in [1.807, 2.05) is 38.1 Å². The fourth-order valence-corrected chi connectivity index (χ4v) is 5.52. The van der Waals surface area contributed by atoms with Gasteiger partial charge in [0.05, 0.1) is 13.2 Å². The van der Waals surface area contributed by atoms with Crippen LogP contribution in [0.5, 0.6) is 0 Å². The number of hydrogen-bond donors (Lipinski definition) is 1. The Balaban J connectivity index is 1.49. The summed E-state index contributed by atoms with van der Waals surface area (Å²) in [6.07, 6.45) is 2.42. The van der Waals surface area contributed by atoms with Gasteiger partial charge in [-0.05, 0) is 60.7 Å². The van der Waals surface area contributed by atoms with Crippen LogP contribution in [0.3, 0.4) is 0 Å². The minimum Gasteiger partial charge on any atom is -0.467 e. The number of anilines is 1. The van der Waals surface area contributed by atoms with Crippen molar-refractivity contribution in [2.75, 3.05) is 31.6 Å². The molecule has 35 heavy (non-hydrogen) atoms. The Kier molecular flexibility index (Phi) is 7.55. The second-order valence-corrected chi connectivity index (χ2v) is 10.2. The van der Waals surface area contributed by atoms with Gasteiger partial charge in [-0.3, -0.25) is 0 Å². The van der Waals surface area contributed by atoms with E-state index in [9.17, 15) is 14.0 Å². The van der Waals surface area contributed by atoms with Crippen LogP contribution in [0.1, 0.15) is 44.7 Å². The standard InChI is InChI=1S/C27H33ClFN3O3/c1-4-18(2)23(25(33)35-3)30-26(34)31-15-13-27(14-16-31)17-32(22-11-9-21(29)10-12-22)24(27)19-5-7-20(28)8-6-19/h5-12,18,23-24H,4,13-17H2,1-3H3,(H,30,34)/t18-,23-,24?/m0/s1. The Morgan fingerprint density at radius 2 is 1.77 bits per heavy atom. The Morgan fingerprint density at radius 1 is 1.14 bits per heavy atom. The highest BCUT2D eigenvalue weighted by molar-refractivity contribution is 6.30. The molecule has 2 fully saturated rings. The van der Waals surface area contributed by atoms with Crippen LogP contribution < -0.4 is 10.2 Å². The van der Waals surface area contributed by atoms with E-state index in [0.717, 1.165) is 37.1 Å². The summed E-state index contributed by atoms with van der Waals surface area (Å²) in [5.41, 5.74) is 2.13. The summed E-state index contributed by atoms with van der Waals surface area (Å²) < 4.78 is 18.4. The molecule has 2 aromatic carbocycles. The van der Waals surface area contributed by atoms with Gasteiger partial charge in [-0.25, -0.2) is 14.0 Å². The minimum atomic E-state index is -0.659. The molecule has 2 aliphatic rings. The summed E-state index contributed by atoms with van der Waals surface area (Å²) in [5, 5.41) is 3.58. The van der Waals surface area contributed by atoms with Crippen molar-refractivity contribution in [3.8, 4) is 0 Å². The van der Waals surface area contributed by atoms with E-state index in [0.29, 0.717) is 18.1 Å². The third-order valence-electron chi connectivity index (χ3n) is 7.71. The molecule has 2 saturated heterocycles. The molecule has 2 aliphatic heterocycles. The predicted molar refractivity (Wildman–Crippen MR) is 135 cm³/mol. The number of urea groups is 1. The number of carbonyl (C=O) groups is 2. The van der Waals surface area contributed by atoms with Crippen LogP contribution in [0.15, 0.2) is 48.5 Å². The van der Waals surface area contributed by atoms with Crippen molar-refractivity contribution in [3.05, 3.63) is 64.9 Å². The summed E-state index contributed by atoms with van der Waals surface area (Å²) in [5.74, 6) is -0.695. The molecule has 2 aromatic rings. The average Bonchev–Trinajstić information content (AvgIpc) is 2.87. The molecule has 1 unspecified atom stereocenters. The molecule has 6 nitrogen and oxygen atoms in total. The number of amides is 2. The fraction of sp³-hybridized carbons (Fsp3) is 0.481. The van der Waals surface area contributed by atoms with Gasteiger partial charge >= 0.3 is 12.0 Å². The average molecular weight is 502 g/mol. The summed E-state index contributed by atoms with van der Waals surface area (Å²) in [7, 11) is 1.34. The van der Waals surface area contributed by atoms with E-state index in [2.05, 4.69) is 22.3 Å². The number of likely N-dealkylation sites (tertiary alicyclic amines) is 1. The van der Waals surface area contributed by atoms with Gasteiger partial charge in [0, 0.05) is 35.8 Å². The summed E-state index contributed by atoms with van der Waals surface area (Å²) in [4.78, 5) is 29.3. The quantitative estimate of drug-likeness (QED) is 0.537. The molecule has 188 valence electrons. The van der Waals surface area contributed by atoms with Gasteiger partial charge in [0.2, 0.25) is 0 Å². The molecule has 0 saturated carbocycles. The van der Waals surface area contributed by atoms with Crippen LogP contribution in [0, 0.1) is 17.2 Å². The topological polar surface area (TPSA) is 61.9 Å². The molecule has 1 N–H and O–H groups in total. The zero-order valence-corrected chi connectivity index (χ0v) is 21.2. The summed E-state index contributed by atoms with van der Waals surface area (Å²) >= 11 is 6.15. The first kappa shape index (κ1) is 25.3. The van der Waals surface area contributed by atoms with Crippen molar-refractivity contribution < 1.29 is 18.7 Å². The summed E-state index contributed by atoms with van der Waals surface area (Å²) in [6, 6.07) is 13.7. The first-order valence-electron chi connectivity index (χ1n) is 12.2. The number of esters is 1. The van der Waals surface area contributed by atoms with Gasteiger partial charge in [0.15, 0.2) is 0 Å². The lowest BCUT2D eigenvalue weighted by atomic mass is 9.63. The Morgan fingerprint density at radius 3 is 2.34 bits per heavy atom. The second-order valence-electron chi connectivity index (χ2n) is 9.74. The molecular weight excluding hydrogens is 469 g/mol. The van der Waals surface area contributed by atoms with Crippen LogP contribution in [0.4, 0.5) is 14.9 Å². The number of rotatable bonds is 6. The van der Waals surface area contributed by atoms with E-state index >= 15 is 0 Å². The highest BCUT2D eigenvalue weighted by Crippen LogP contribution is 2.56. The van der Waals surface area contributed by atoms with Crippen LogP contribution in [-0.2, 0) is 9.53 Å². The number of benzene rings is 2. The van der Waals surface area contributed by atoms with Gasteiger partial charge in [0.25, 0.3) is 0 Å². The lowest BCUT2D eigenvalue weighted by Crippen LogP contribution is -2.63. The SMILES string of the molecule is CC[C@H](C)[C@H](NC(=O)N1CCC2(CC1)CN(c1ccc(F)cc1)C2c1ccc(Cl)cc1)C(=O)OC. The maximum atomic E-state index is 13.5. The van der Waals surface area contributed by atoms with Crippen molar-refractivity contribution in [1.82, 2.24) is 10.2 Å². The largest absolute Gasteiger partial charge is 0.467 e. The molecule has 0 bridgehead atoms.